The van der Waals surface area contributed by atoms with Crippen molar-refractivity contribution >= 4 is 23.2 Å². The molecule has 1 aromatic heterocycles. The molecule has 0 radical (unpaired) electrons. The zero-order valence-corrected chi connectivity index (χ0v) is 10.3. The van der Waals surface area contributed by atoms with Crippen LogP contribution in [-0.4, -0.2) is 37.0 Å². The first-order valence-corrected chi connectivity index (χ1v) is 5.96. The Morgan fingerprint density at radius 1 is 1.50 bits per heavy atom. The number of hydrogen-bond donors (Lipinski definition) is 0. The quantitative estimate of drug-likeness (QED) is 0.738. The van der Waals surface area contributed by atoms with E-state index in [1.54, 1.807) is 11.0 Å². The van der Waals surface area contributed by atoms with Gasteiger partial charge in [0.2, 0.25) is 0 Å². The van der Waals surface area contributed by atoms with Crippen LogP contribution in [0.1, 0.15) is 23.0 Å². The third-order valence-electron chi connectivity index (χ3n) is 2.21. The maximum absolute atomic E-state index is 11.9. The highest BCUT2D eigenvalue weighted by molar-refractivity contribution is 7.12. The van der Waals surface area contributed by atoms with Crippen molar-refractivity contribution in [1.29, 1.82) is 0 Å². The molecule has 1 rings (SSSR count). The zero-order valence-electron chi connectivity index (χ0n) is 9.43. The smallest absolute Gasteiger partial charge is 0.307 e. The van der Waals surface area contributed by atoms with Crippen LogP contribution < -0.4 is 0 Å². The second kappa shape index (κ2) is 6.27. The predicted octanol–water partition coefficient (Wildman–Crippen LogP) is 1.77. The van der Waals surface area contributed by atoms with Gasteiger partial charge in [-0.3, -0.25) is 9.59 Å². The van der Waals surface area contributed by atoms with Gasteiger partial charge in [-0.05, 0) is 18.4 Å². The van der Waals surface area contributed by atoms with Crippen LogP contribution in [0.25, 0.3) is 0 Å². The zero-order chi connectivity index (χ0) is 12.0. The fourth-order valence-corrected chi connectivity index (χ4v) is 1.98. The molecule has 1 amide bonds. The van der Waals surface area contributed by atoms with Crippen LogP contribution in [0.5, 0.6) is 0 Å². The van der Waals surface area contributed by atoms with Gasteiger partial charge in [0.05, 0.1) is 18.4 Å². The monoisotopic (exact) mass is 241 g/mol. The van der Waals surface area contributed by atoms with Crippen LogP contribution >= 0.6 is 11.3 Å². The first-order chi connectivity index (χ1) is 7.69. The van der Waals surface area contributed by atoms with Crippen molar-refractivity contribution in [2.45, 2.75) is 13.3 Å². The summed E-state index contributed by atoms with van der Waals surface area (Å²) in [6.07, 6.45) is 0.238. The molecule has 0 atom stereocenters. The summed E-state index contributed by atoms with van der Waals surface area (Å²) in [4.78, 5) is 25.2. The topological polar surface area (TPSA) is 46.6 Å². The van der Waals surface area contributed by atoms with Gasteiger partial charge >= 0.3 is 5.97 Å². The molecule has 5 heteroatoms. The van der Waals surface area contributed by atoms with Crippen molar-refractivity contribution < 1.29 is 14.3 Å². The minimum Gasteiger partial charge on any atom is -0.469 e. The maximum Gasteiger partial charge on any atom is 0.307 e. The lowest BCUT2D eigenvalue weighted by molar-refractivity contribution is -0.140. The van der Waals surface area contributed by atoms with E-state index in [1.165, 1.54) is 18.4 Å². The molecule has 0 N–H and O–H groups in total. The average Bonchev–Trinajstić information content (AvgIpc) is 2.82. The number of thiophene rings is 1. The number of rotatable bonds is 5. The first kappa shape index (κ1) is 12.7. The van der Waals surface area contributed by atoms with Crippen LogP contribution in [0, 0.1) is 0 Å². The minimum atomic E-state index is -0.294. The molecular weight excluding hydrogens is 226 g/mol. The highest BCUT2D eigenvalue weighted by atomic mass is 32.1. The van der Waals surface area contributed by atoms with E-state index < -0.39 is 0 Å². The molecule has 0 aromatic carbocycles. The number of methoxy groups -OCH3 is 1. The summed E-state index contributed by atoms with van der Waals surface area (Å²) >= 11 is 1.41. The molecule has 1 aromatic rings. The largest absolute Gasteiger partial charge is 0.469 e. The molecule has 0 aliphatic heterocycles. The fourth-order valence-electron chi connectivity index (χ4n) is 1.29. The van der Waals surface area contributed by atoms with Crippen molar-refractivity contribution in [1.82, 2.24) is 4.90 Å². The van der Waals surface area contributed by atoms with Crippen LogP contribution in [0.2, 0.25) is 0 Å². The van der Waals surface area contributed by atoms with Crippen molar-refractivity contribution in [3.63, 3.8) is 0 Å². The van der Waals surface area contributed by atoms with Crippen LogP contribution in [0.15, 0.2) is 17.5 Å². The SMILES string of the molecule is CCN(CCC(=O)OC)C(=O)c1cccs1. The number of ether oxygens (including phenoxy) is 1. The second-order valence-electron chi connectivity index (χ2n) is 3.19. The van der Waals surface area contributed by atoms with E-state index in [4.69, 9.17) is 0 Å². The number of carbonyl (C=O) groups is 2. The Hall–Kier alpha value is -1.36. The Labute approximate surface area is 98.8 Å². The number of esters is 1. The average molecular weight is 241 g/mol. The summed E-state index contributed by atoms with van der Waals surface area (Å²) in [5.74, 6) is -0.321. The van der Waals surface area contributed by atoms with E-state index in [1.807, 2.05) is 18.4 Å². The van der Waals surface area contributed by atoms with E-state index in [2.05, 4.69) is 4.74 Å². The Morgan fingerprint density at radius 3 is 2.75 bits per heavy atom. The Balaban J connectivity index is 2.54. The Bertz CT molecular complexity index is 348. The summed E-state index contributed by atoms with van der Waals surface area (Å²) < 4.78 is 4.54. The van der Waals surface area contributed by atoms with Gasteiger partial charge in [0.15, 0.2) is 0 Å². The molecule has 0 fully saturated rings. The van der Waals surface area contributed by atoms with Gasteiger partial charge in [-0.2, -0.15) is 0 Å². The summed E-state index contributed by atoms with van der Waals surface area (Å²) in [7, 11) is 1.35. The third-order valence-corrected chi connectivity index (χ3v) is 3.07. The lowest BCUT2D eigenvalue weighted by Crippen LogP contribution is -2.32. The predicted molar refractivity (Wildman–Crippen MR) is 62.5 cm³/mol. The fraction of sp³-hybridized carbons (Fsp3) is 0.455. The number of amides is 1. The molecular formula is C11H15NO3S. The van der Waals surface area contributed by atoms with Gasteiger partial charge in [-0.15, -0.1) is 11.3 Å². The molecule has 0 aliphatic carbocycles. The van der Waals surface area contributed by atoms with Crippen LogP contribution in [0.4, 0.5) is 0 Å². The number of hydrogen-bond acceptors (Lipinski definition) is 4. The maximum atomic E-state index is 11.9. The lowest BCUT2D eigenvalue weighted by Gasteiger charge is -2.19. The summed E-state index contributed by atoms with van der Waals surface area (Å²) in [6, 6.07) is 3.62. The highest BCUT2D eigenvalue weighted by Crippen LogP contribution is 2.12. The van der Waals surface area contributed by atoms with Gasteiger partial charge in [0, 0.05) is 13.1 Å². The van der Waals surface area contributed by atoms with Gasteiger partial charge in [-0.1, -0.05) is 6.07 Å². The molecule has 4 nitrogen and oxygen atoms in total. The van der Waals surface area contributed by atoms with Crippen LogP contribution in [0.3, 0.4) is 0 Å². The second-order valence-corrected chi connectivity index (χ2v) is 4.14. The first-order valence-electron chi connectivity index (χ1n) is 5.08. The van der Waals surface area contributed by atoms with Gasteiger partial charge < -0.3 is 9.64 Å². The van der Waals surface area contributed by atoms with Crippen LogP contribution in [-0.2, 0) is 9.53 Å². The highest BCUT2D eigenvalue weighted by Gasteiger charge is 2.15. The van der Waals surface area contributed by atoms with Crippen molar-refractivity contribution in [3.8, 4) is 0 Å². The molecule has 88 valence electrons. The Kier molecular flexibility index (Phi) is 4.98. The molecule has 1 heterocycles. The summed E-state index contributed by atoms with van der Waals surface area (Å²) in [5, 5.41) is 1.86. The number of nitrogens with zero attached hydrogens (tertiary/aromatic N) is 1. The molecule has 0 bridgehead atoms. The normalized spacial score (nSPS) is 9.88. The molecule has 16 heavy (non-hydrogen) atoms. The van der Waals surface area contributed by atoms with Gasteiger partial charge in [-0.25, -0.2) is 0 Å². The number of carbonyl (C=O) groups excluding carboxylic acids is 2. The lowest BCUT2D eigenvalue weighted by atomic mass is 10.3. The van der Waals surface area contributed by atoms with E-state index in [-0.39, 0.29) is 18.3 Å². The van der Waals surface area contributed by atoms with Crippen molar-refractivity contribution in [3.05, 3.63) is 22.4 Å². The minimum absolute atomic E-state index is 0.0265. The third kappa shape index (κ3) is 3.34. The van der Waals surface area contributed by atoms with Crippen molar-refractivity contribution in [2.24, 2.45) is 0 Å². The molecule has 0 aliphatic rings. The standard InChI is InChI=1S/C11H15NO3S/c1-3-12(7-6-10(13)15-2)11(14)9-5-4-8-16-9/h4-5,8H,3,6-7H2,1-2H3. The molecule has 0 saturated carbocycles. The van der Waals surface area contributed by atoms with Gasteiger partial charge in [0.25, 0.3) is 5.91 Å². The molecule has 0 spiro atoms. The Morgan fingerprint density at radius 2 is 2.25 bits per heavy atom. The molecule has 0 unspecified atom stereocenters. The summed E-state index contributed by atoms with van der Waals surface area (Å²) in [6.45, 7) is 2.89. The molecule has 0 saturated heterocycles. The van der Waals surface area contributed by atoms with E-state index >= 15 is 0 Å². The van der Waals surface area contributed by atoms with Crippen molar-refractivity contribution in [2.75, 3.05) is 20.2 Å². The van der Waals surface area contributed by atoms with E-state index in [9.17, 15) is 9.59 Å². The van der Waals surface area contributed by atoms with E-state index in [0.29, 0.717) is 18.0 Å². The van der Waals surface area contributed by atoms with E-state index in [0.717, 1.165) is 0 Å². The summed E-state index contributed by atoms with van der Waals surface area (Å²) in [5.41, 5.74) is 0. The van der Waals surface area contributed by atoms with Gasteiger partial charge in [0.1, 0.15) is 0 Å².